The molecule has 0 aliphatic heterocycles. The molecule has 0 radical (unpaired) electrons. The summed E-state index contributed by atoms with van der Waals surface area (Å²) in [5, 5.41) is 23.4. The van der Waals surface area contributed by atoms with Crippen LogP contribution in [-0.4, -0.2) is 47.4 Å². The quantitative estimate of drug-likeness (QED) is 0.0320. The van der Waals surface area contributed by atoms with Gasteiger partial charge in [0, 0.05) is 12.8 Å². The van der Waals surface area contributed by atoms with Crippen LogP contribution in [0.25, 0.3) is 0 Å². The van der Waals surface area contributed by atoms with Gasteiger partial charge in [0.15, 0.2) is 0 Å². The molecule has 0 saturated carbocycles. The first-order chi connectivity index (χ1) is 39.0. The lowest BCUT2D eigenvalue weighted by Gasteiger charge is -2.22. The Bertz CT molecular complexity index is 1190. The van der Waals surface area contributed by atoms with Crippen molar-refractivity contribution in [3.05, 3.63) is 12.2 Å². The van der Waals surface area contributed by atoms with E-state index in [0.717, 1.165) is 38.5 Å². The molecule has 3 N–H and O–H groups in total. The maximum atomic E-state index is 12.5. The van der Waals surface area contributed by atoms with Crippen LogP contribution in [-0.2, 0) is 14.3 Å². The second kappa shape index (κ2) is 69.1. The molecule has 0 aliphatic rings. The zero-order valence-electron chi connectivity index (χ0n) is 53.9. The van der Waals surface area contributed by atoms with Gasteiger partial charge in [-0.25, -0.2) is 0 Å². The Morgan fingerprint density at radius 3 is 0.899 bits per heavy atom. The summed E-state index contributed by atoms with van der Waals surface area (Å²) in [6.45, 7) is 5.00. The van der Waals surface area contributed by atoms with Crippen LogP contribution in [0.15, 0.2) is 12.2 Å². The maximum absolute atomic E-state index is 12.5. The molecule has 2 unspecified atom stereocenters. The van der Waals surface area contributed by atoms with Crippen molar-refractivity contribution in [2.24, 2.45) is 0 Å². The highest BCUT2D eigenvalue weighted by Gasteiger charge is 2.20. The molecular weight excluding hydrogens is 971 g/mol. The van der Waals surface area contributed by atoms with Crippen LogP contribution >= 0.6 is 0 Å². The van der Waals surface area contributed by atoms with E-state index in [9.17, 15) is 19.8 Å². The molecular formula is C73H143NO5. The van der Waals surface area contributed by atoms with Gasteiger partial charge in [0.2, 0.25) is 5.91 Å². The molecule has 0 saturated heterocycles. The van der Waals surface area contributed by atoms with Crippen molar-refractivity contribution in [1.29, 1.82) is 0 Å². The van der Waals surface area contributed by atoms with Crippen LogP contribution in [0.1, 0.15) is 418 Å². The maximum Gasteiger partial charge on any atom is 0.305 e. The summed E-state index contributed by atoms with van der Waals surface area (Å²) in [4.78, 5) is 24.6. The number of hydrogen-bond donors (Lipinski definition) is 3. The number of aliphatic hydroxyl groups excluding tert-OH is 2. The Hall–Kier alpha value is -1.40. The average molecular weight is 1110 g/mol. The van der Waals surface area contributed by atoms with E-state index in [-0.39, 0.29) is 18.5 Å². The molecule has 0 bridgehead atoms. The van der Waals surface area contributed by atoms with Crippen molar-refractivity contribution in [2.75, 3.05) is 13.2 Å². The molecule has 2 atom stereocenters. The molecule has 6 heteroatoms. The fourth-order valence-electron chi connectivity index (χ4n) is 11.8. The first kappa shape index (κ1) is 77.6. The summed E-state index contributed by atoms with van der Waals surface area (Å²) >= 11 is 0. The summed E-state index contributed by atoms with van der Waals surface area (Å²) in [6.07, 6.45) is 85.6. The van der Waals surface area contributed by atoms with Gasteiger partial charge in [0.05, 0.1) is 25.4 Å². The Labute approximate surface area is 495 Å². The molecule has 0 aliphatic carbocycles. The van der Waals surface area contributed by atoms with Crippen LogP contribution in [0.5, 0.6) is 0 Å². The molecule has 0 fully saturated rings. The number of esters is 1. The predicted octanol–water partition coefficient (Wildman–Crippen LogP) is 23.5. The third-order valence-corrected chi connectivity index (χ3v) is 17.3. The predicted molar refractivity (Wildman–Crippen MR) is 347 cm³/mol. The molecule has 6 nitrogen and oxygen atoms in total. The fourth-order valence-corrected chi connectivity index (χ4v) is 11.8. The number of unbranched alkanes of at least 4 members (excludes halogenated alkanes) is 56. The summed E-state index contributed by atoms with van der Waals surface area (Å²) in [5.74, 6) is -0.00774. The van der Waals surface area contributed by atoms with E-state index in [1.807, 2.05) is 0 Å². The number of carbonyl (C=O) groups is 2. The van der Waals surface area contributed by atoms with Gasteiger partial charge in [-0.15, -0.1) is 0 Å². The van der Waals surface area contributed by atoms with Gasteiger partial charge in [0.1, 0.15) is 0 Å². The number of nitrogens with one attached hydrogen (secondary N) is 1. The highest BCUT2D eigenvalue weighted by atomic mass is 16.5. The van der Waals surface area contributed by atoms with E-state index in [2.05, 4.69) is 31.3 Å². The monoisotopic (exact) mass is 1110 g/mol. The molecule has 79 heavy (non-hydrogen) atoms. The minimum Gasteiger partial charge on any atom is -0.466 e. The molecule has 470 valence electrons. The first-order valence-corrected chi connectivity index (χ1v) is 36.4. The van der Waals surface area contributed by atoms with E-state index in [1.54, 1.807) is 0 Å². The van der Waals surface area contributed by atoms with E-state index in [1.165, 1.54) is 347 Å². The van der Waals surface area contributed by atoms with E-state index < -0.39 is 12.1 Å². The minimum absolute atomic E-state index is 0.0210. The zero-order valence-corrected chi connectivity index (χ0v) is 53.9. The summed E-state index contributed by atoms with van der Waals surface area (Å²) in [7, 11) is 0. The van der Waals surface area contributed by atoms with E-state index in [0.29, 0.717) is 25.9 Å². The Kier molecular flexibility index (Phi) is 67.9. The third kappa shape index (κ3) is 65.6. The normalized spacial score (nSPS) is 12.5. The number of carbonyl (C=O) groups excluding carboxylic acids is 2. The number of rotatable bonds is 69. The van der Waals surface area contributed by atoms with Gasteiger partial charge < -0.3 is 20.3 Å². The molecule has 0 rings (SSSR count). The van der Waals surface area contributed by atoms with Crippen molar-refractivity contribution in [2.45, 2.75) is 431 Å². The number of amides is 1. The van der Waals surface area contributed by atoms with Crippen molar-refractivity contribution < 1.29 is 24.5 Å². The summed E-state index contributed by atoms with van der Waals surface area (Å²) in [6, 6.07) is -0.539. The van der Waals surface area contributed by atoms with Gasteiger partial charge in [-0.3, -0.25) is 9.59 Å². The zero-order chi connectivity index (χ0) is 57.1. The van der Waals surface area contributed by atoms with Gasteiger partial charge >= 0.3 is 5.97 Å². The average Bonchev–Trinajstić information content (AvgIpc) is 3.45. The molecule has 0 heterocycles. The molecule has 0 aromatic rings. The van der Waals surface area contributed by atoms with Gasteiger partial charge in [-0.2, -0.15) is 0 Å². The van der Waals surface area contributed by atoms with Gasteiger partial charge in [-0.1, -0.05) is 366 Å². The summed E-state index contributed by atoms with van der Waals surface area (Å²) in [5.41, 5.74) is 0. The minimum atomic E-state index is -0.662. The lowest BCUT2D eigenvalue weighted by atomic mass is 10.0. The highest BCUT2D eigenvalue weighted by molar-refractivity contribution is 5.76. The second-order valence-corrected chi connectivity index (χ2v) is 25.3. The lowest BCUT2D eigenvalue weighted by Crippen LogP contribution is -2.45. The van der Waals surface area contributed by atoms with Gasteiger partial charge in [-0.05, 0) is 51.4 Å². The number of allylic oxidation sites excluding steroid dienone is 2. The second-order valence-electron chi connectivity index (χ2n) is 25.3. The molecule has 1 amide bonds. The van der Waals surface area contributed by atoms with E-state index in [4.69, 9.17) is 4.74 Å². The largest absolute Gasteiger partial charge is 0.466 e. The van der Waals surface area contributed by atoms with Crippen LogP contribution in [0.2, 0.25) is 0 Å². The smallest absolute Gasteiger partial charge is 0.305 e. The standard InChI is InChI=1S/C73H143NO5/c1-3-5-7-9-11-13-15-17-19-35-38-41-45-49-53-57-61-65-71(76)70(69-75)74-72(77)66-62-58-54-50-46-42-39-36-33-31-29-27-25-23-21-20-22-24-26-28-30-32-34-37-40-44-48-52-56-60-64-68-79-73(78)67-63-59-55-51-47-43-18-16-14-12-10-8-6-4-2/h22,24,70-71,75-76H,3-21,23,25-69H2,1-2H3,(H,74,77)/b24-22-. The Morgan fingerprint density at radius 1 is 0.342 bits per heavy atom. The van der Waals surface area contributed by atoms with Crippen molar-refractivity contribution >= 4 is 11.9 Å². The summed E-state index contributed by atoms with van der Waals surface area (Å²) < 4.78 is 5.50. The topological polar surface area (TPSA) is 95.9 Å². The number of ether oxygens (including phenoxy) is 1. The fraction of sp³-hybridized carbons (Fsp3) is 0.945. The lowest BCUT2D eigenvalue weighted by molar-refractivity contribution is -0.143. The third-order valence-electron chi connectivity index (χ3n) is 17.3. The number of hydrogen-bond acceptors (Lipinski definition) is 5. The molecule has 0 aromatic carbocycles. The van der Waals surface area contributed by atoms with Crippen LogP contribution < -0.4 is 5.32 Å². The first-order valence-electron chi connectivity index (χ1n) is 36.4. The van der Waals surface area contributed by atoms with Gasteiger partial charge in [0.25, 0.3) is 0 Å². The van der Waals surface area contributed by atoms with Crippen LogP contribution in [0.3, 0.4) is 0 Å². The van der Waals surface area contributed by atoms with Crippen molar-refractivity contribution in [3.63, 3.8) is 0 Å². The SMILES string of the molecule is CCCCCCCCCCCCCCCCCCCC(O)C(CO)NC(=O)CCCCCCCCCCCCCCCCC/C=C\CCCCCCCCCCCCCCOC(=O)CCCCCCCCCCCCCCCC. The Morgan fingerprint density at radius 2 is 0.595 bits per heavy atom. The van der Waals surface area contributed by atoms with E-state index >= 15 is 0 Å². The highest BCUT2D eigenvalue weighted by Crippen LogP contribution is 2.19. The van der Waals surface area contributed by atoms with Crippen LogP contribution in [0.4, 0.5) is 0 Å². The number of aliphatic hydroxyl groups is 2. The molecule has 0 aromatic heterocycles. The Balaban J connectivity index is 3.34. The molecule has 0 spiro atoms. The van der Waals surface area contributed by atoms with Crippen molar-refractivity contribution in [1.82, 2.24) is 5.32 Å². The van der Waals surface area contributed by atoms with Crippen LogP contribution in [0, 0.1) is 0 Å². The van der Waals surface area contributed by atoms with Crippen molar-refractivity contribution in [3.8, 4) is 0 Å².